The fraction of sp³-hybridized carbons (Fsp3) is 0.545. The van der Waals surface area contributed by atoms with Crippen LogP contribution in [0, 0.1) is 5.92 Å². The van der Waals surface area contributed by atoms with E-state index in [1.807, 2.05) is 0 Å². The first-order chi connectivity index (χ1) is 8.58. The number of H-pyrrole nitrogens is 1. The predicted octanol–water partition coefficient (Wildman–Crippen LogP) is 0.988. The molecular weight excluding hydrogens is 300 g/mol. The van der Waals surface area contributed by atoms with Crippen molar-refractivity contribution in [2.75, 3.05) is 5.32 Å². The molecule has 1 heterocycles. The zero-order valence-corrected chi connectivity index (χ0v) is 11.4. The van der Waals surface area contributed by atoms with Gasteiger partial charge in [-0.1, -0.05) is 0 Å². The van der Waals surface area contributed by atoms with E-state index in [2.05, 4.69) is 31.4 Å². The molecule has 0 aromatic carbocycles. The van der Waals surface area contributed by atoms with Crippen LogP contribution in [0.2, 0.25) is 0 Å². The molecule has 1 fully saturated rings. The second kappa shape index (κ2) is 5.51. The van der Waals surface area contributed by atoms with Crippen molar-refractivity contribution in [2.45, 2.75) is 31.7 Å². The van der Waals surface area contributed by atoms with Gasteiger partial charge in [0.15, 0.2) is 0 Å². The number of hydrogen-bond donors (Lipinski definition) is 3. The van der Waals surface area contributed by atoms with Crippen LogP contribution < -0.4 is 16.6 Å². The third-order valence-corrected chi connectivity index (χ3v) is 4.07. The molecule has 1 aliphatic rings. The number of halogens is 1. The lowest BCUT2D eigenvalue weighted by Crippen LogP contribution is -2.32. The molecule has 1 saturated carbocycles. The zero-order valence-electron chi connectivity index (χ0n) is 9.78. The van der Waals surface area contributed by atoms with Crippen LogP contribution in [0.15, 0.2) is 15.5 Å². The maximum atomic E-state index is 11.4. The smallest absolute Gasteiger partial charge is 0.280 e. The number of anilines is 1. The number of carbonyl (C=O) groups excluding carboxylic acids is 1. The highest BCUT2D eigenvalue weighted by Gasteiger charge is 2.25. The summed E-state index contributed by atoms with van der Waals surface area (Å²) in [5.41, 5.74) is 5.71. The molecule has 0 saturated heterocycles. The number of nitrogens with zero attached hydrogens (tertiary/aromatic N) is 1. The molecule has 0 bridgehead atoms. The number of aromatic amines is 1. The molecule has 1 aromatic rings. The zero-order chi connectivity index (χ0) is 13.1. The molecule has 0 aliphatic heterocycles. The first-order valence-corrected chi connectivity index (χ1v) is 6.66. The minimum atomic E-state index is -0.258. The van der Waals surface area contributed by atoms with Crippen LogP contribution in [-0.4, -0.2) is 22.1 Å². The normalized spacial score (nSPS) is 23.6. The van der Waals surface area contributed by atoms with Gasteiger partial charge in [-0.15, -0.1) is 0 Å². The van der Waals surface area contributed by atoms with Crippen LogP contribution >= 0.6 is 15.9 Å². The number of nitrogens with one attached hydrogen (secondary N) is 2. The van der Waals surface area contributed by atoms with E-state index in [1.54, 1.807) is 6.20 Å². The van der Waals surface area contributed by atoms with Crippen molar-refractivity contribution in [1.29, 1.82) is 0 Å². The number of carbonyl (C=O) groups is 1. The summed E-state index contributed by atoms with van der Waals surface area (Å²) in [6.45, 7) is 0. The van der Waals surface area contributed by atoms with E-state index >= 15 is 0 Å². The molecule has 98 valence electrons. The Balaban J connectivity index is 1.98. The number of rotatable bonds is 3. The minimum absolute atomic E-state index is 0.0104. The SMILES string of the molecule is NC(=O)C1CCC(Nc2cn[nH]c(=O)c2Br)CC1. The minimum Gasteiger partial charge on any atom is -0.380 e. The van der Waals surface area contributed by atoms with Crippen LogP contribution in [0.1, 0.15) is 25.7 Å². The Morgan fingerprint density at radius 2 is 2.11 bits per heavy atom. The maximum absolute atomic E-state index is 11.4. The first-order valence-electron chi connectivity index (χ1n) is 5.87. The van der Waals surface area contributed by atoms with E-state index in [0.717, 1.165) is 25.7 Å². The summed E-state index contributed by atoms with van der Waals surface area (Å²) in [6.07, 6.45) is 4.90. The quantitative estimate of drug-likeness (QED) is 0.774. The Hall–Kier alpha value is -1.37. The molecule has 18 heavy (non-hydrogen) atoms. The lowest BCUT2D eigenvalue weighted by Gasteiger charge is -2.28. The van der Waals surface area contributed by atoms with Crippen molar-refractivity contribution in [3.8, 4) is 0 Å². The summed E-state index contributed by atoms with van der Waals surface area (Å²) in [7, 11) is 0. The van der Waals surface area contributed by atoms with Gasteiger partial charge in [0.1, 0.15) is 4.47 Å². The fourth-order valence-corrected chi connectivity index (χ4v) is 2.53. The molecule has 2 rings (SSSR count). The van der Waals surface area contributed by atoms with Gasteiger partial charge in [-0.25, -0.2) is 5.10 Å². The number of aromatic nitrogens is 2. The Kier molecular flexibility index (Phi) is 4.00. The molecule has 7 heteroatoms. The molecule has 6 nitrogen and oxygen atoms in total. The van der Waals surface area contributed by atoms with E-state index < -0.39 is 0 Å². The van der Waals surface area contributed by atoms with Gasteiger partial charge in [0.2, 0.25) is 5.91 Å². The third-order valence-electron chi connectivity index (χ3n) is 3.28. The van der Waals surface area contributed by atoms with Crippen LogP contribution in [0.3, 0.4) is 0 Å². The fourth-order valence-electron chi connectivity index (χ4n) is 2.23. The summed E-state index contributed by atoms with van der Waals surface area (Å²) < 4.78 is 0.453. The Bertz CT molecular complexity index is 494. The van der Waals surface area contributed by atoms with E-state index in [-0.39, 0.29) is 23.4 Å². The third kappa shape index (κ3) is 2.90. The second-order valence-corrected chi connectivity index (χ2v) is 5.32. The van der Waals surface area contributed by atoms with Crippen molar-refractivity contribution < 1.29 is 4.79 Å². The van der Waals surface area contributed by atoms with Crippen LogP contribution in [0.25, 0.3) is 0 Å². The second-order valence-electron chi connectivity index (χ2n) is 4.52. The summed E-state index contributed by atoms with van der Waals surface area (Å²) >= 11 is 3.22. The van der Waals surface area contributed by atoms with Gasteiger partial charge < -0.3 is 11.1 Å². The van der Waals surface area contributed by atoms with Gasteiger partial charge in [0.05, 0.1) is 11.9 Å². The van der Waals surface area contributed by atoms with Crippen LogP contribution in [-0.2, 0) is 4.79 Å². The number of hydrogen-bond acceptors (Lipinski definition) is 4. The molecule has 0 spiro atoms. The van der Waals surface area contributed by atoms with Crippen molar-refractivity contribution in [3.05, 3.63) is 21.0 Å². The lowest BCUT2D eigenvalue weighted by atomic mass is 9.85. The van der Waals surface area contributed by atoms with E-state index in [0.29, 0.717) is 10.2 Å². The average Bonchev–Trinajstić information content (AvgIpc) is 2.36. The molecular formula is C11H15BrN4O2. The lowest BCUT2D eigenvalue weighted by molar-refractivity contribution is -0.122. The van der Waals surface area contributed by atoms with E-state index in [9.17, 15) is 9.59 Å². The van der Waals surface area contributed by atoms with Crippen molar-refractivity contribution in [1.82, 2.24) is 10.2 Å². The molecule has 0 radical (unpaired) electrons. The Morgan fingerprint density at radius 1 is 1.44 bits per heavy atom. The highest BCUT2D eigenvalue weighted by molar-refractivity contribution is 9.10. The van der Waals surface area contributed by atoms with Crippen LogP contribution in [0.4, 0.5) is 5.69 Å². The van der Waals surface area contributed by atoms with Gasteiger partial charge in [-0.3, -0.25) is 9.59 Å². The van der Waals surface area contributed by atoms with Crippen molar-refractivity contribution >= 4 is 27.5 Å². The van der Waals surface area contributed by atoms with Crippen molar-refractivity contribution in [3.63, 3.8) is 0 Å². The molecule has 0 unspecified atom stereocenters. The average molecular weight is 315 g/mol. The topological polar surface area (TPSA) is 101 Å². The van der Waals surface area contributed by atoms with Gasteiger partial charge in [0.25, 0.3) is 5.56 Å². The summed E-state index contributed by atoms with van der Waals surface area (Å²) in [5.74, 6) is -0.226. The highest BCUT2D eigenvalue weighted by atomic mass is 79.9. The summed E-state index contributed by atoms with van der Waals surface area (Å²) in [4.78, 5) is 22.4. The highest BCUT2D eigenvalue weighted by Crippen LogP contribution is 2.27. The van der Waals surface area contributed by atoms with Gasteiger partial charge in [0, 0.05) is 12.0 Å². The number of nitrogens with two attached hydrogens (primary N) is 1. The Morgan fingerprint density at radius 3 is 2.72 bits per heavy atom. The molecule has 1 amide bonds. The first kappa shape index (κ1) is 13.1. The molecule has 4 N–H and O–H groups in total. The largest absolute Gasteiger partial charge is 0.380 e. The standard InChI is InChI=1S/C11H15BrN4O2/c12-9-8(5-14-16-11(9)18)15-7-3-1-6(2-4-7)10(13)17/h5-7H,1-4H2,(H2,13,17)(H2,15,16,18). The summed E-state index contributed by atoms with van der Waals surface area (Å²) in [6, 6.07) is 0.250. The number of amides is 1. The van der Waals surface area contributed by atoms with Gasteiger partial charge in [-0.2, -0.15) is 5.10 Å². The molecule has 0 atom stereocenters. The van der Waals surface area contributed by atoms with Gasteiger partial charge in [-0.05, 0) is 41.6 Å². The van der Waals surface area contributed by atoms with E-state index in [4.69, 9.17) is 5.73 Å². The molecule has 1 aromatic heterocycles. The predicted molar refractivity (Wildman–Crippen MR) is 71.1 cm³/mol. The molecule has 1 aliphatic carbocycles. The van der Waals surface area contributed by atoms with E-state index in [1.165, 1.54) is 0 Å². The number of primary amides is 1. The Labute approximate surface area is 112 Å². The van der Waals surface area contributed by atoms with Crippen LogP contribution in [0.5, 0.6) is 0 Å². The monoisotopic (exact) mass is 314 g/mol. The van der Waals surface area contributed by atoms with Gasteiger partial charge >= 0.3 is 0 Å². The maximum Gasteiger partial charge on any atom is 0.280 e. The summed E-state index contributed by atoms with van der Waals surface area (Å²) in [5, 5.41) is 9.36. The van der Waals surface area contributed by atoms with Crippen molar-refractivity contribution in [2.24, 2.45) is 11.7 Å².